The van der Waals surface area contributed by atoms with Crippen LogP contribution in [0.15, 0.2) is 48.7 Å². The maximum atomic E-state index is 13.6. The Morgan fingerprint density at radius 1 is 1.11 bits per heavy atom. The van der Waals surface area contributed by atoms with E-state index >= 15 is 0 Å². The minimum atomic E-state index is -4.68. The molecule has 0 amide bonds. The Morgan fingerprint density at radius 2 is 1.89 bits per heavy atom. The molecule has 0 aliphatic rings. The summed E-state index contributed by atoms with van der Waals surface area (Å²) in [4.78, 5) is 7.88. The number of benzene rings is 2. The zero-order chi connectivity index (χ0) is 25.7. The van der Waals surface area contributed by atoms with E-state index in [0.29, 0.717) is 34.4 Å². The second-order valence-corrected chi connectivity index (χ2v) is 8.31. The van der Waals surface area contributed by atoms with Crippen LogP contribution in [0.1, 0.15) is 22.3 Å². The van der Waals surface area contributed by atoms with Crippen LogP contribution in [-0.2, 0) is 30.5 Å². The number of aromatic amines is 1. The average Bonchev–Trinajstić information content (AvgIpc) is 3.37. The molecule has 2 aromatic heterocycles. The van der Waals surface area contributed by atoms with Crippen molar-refractivity contribution in [2.45, 2.75) is 26.2 Å². The molecule has 2 heterocycles. The Kier molecular flexibility index (Phi) is 7.52. The summed E-state index contributed by atoms with van der Waals surface area (Å²) in [6.07, 6.45) is -3.97. The minimum absolute atomic E-state index is 0.000675. The molecule has 1 atom stereocenters. The Bertz CT molecular complexity index is 1350. The fourth-order valence-electron chi connectivity index (χ4n) is 3.39. The zero-order valence-corrected chi connectivity index (χ0v) is 19.5. The molecule has 4 rings (SSSR count). The van der Waals surface area contributed by atoms with Crippen molar-refractivity contribution in [1.29, 1.82) is 0 Å². The number of hydrogen-bond acceptors (Lipinski definition) is 8. The summed E-state index contributed by atoms with van der Waals surface area (Å²) in [7, 11) is 0. The second kappa shape index (κ2) is 10.8. The zero-order valence-electron chi connectivity index (χ0n) is 18.7. The lowest BCUT2D eigenvalue weighted by atomic mass is 10.0. The number of anilines is 3. The Morgan fingerprint density at radius 3 is 2.56 bits per heavy atom. The summed E-state index contributed by atoms with van der Waals surface area (Å²) in [5.41, 5.74) is 2.34. The fraction of sp³-hybridized carbons (Fsp3) is 0.190. The highest BCUT2D eigenvalue weighted by Crippen LogP contribution is 2.34. The second-order valence-electron chi connectivity index (χ2n) is 7.53. The van der Waals surface area contributed by atoms with Gasteiger partial charge in [0.15, 0.2) is 0 Å². The van der Waals surface area contributed by atoms with Crippen LogP contribution in [0.3, 0.4) is 0 Å². The molecule has 0 bridgehead atoms. The Hall–Kier alpha value is -3.95. The van der Waals surface area contributed by atoms with Crippen LogP contribution >= 0.6 is 0 Å². The normalized spacial score (nSPS) is 12.4. The van der Waals surface area contributed by atoms with Crippen molar-refractivity contribution in [2.75, 3.05) is 10.6 Å². The van der Waals surface area contributed by atoms with Crippen molar-refractivity contribution in [3.63, 3.8) is 0 Å². The molecule has 0 aliphatic heterocycles. The van der Waals surface area contributed by atoms with Gasteiger partial charge in [-0.05, 0) is 53.1 Å². The maximum absolute atomic E-state index is 13.6. The summed E-state index contributed by atoms with van der Waals surface area (Å²) < 4.78 is 63.3. The van der Waals surface area contributed by atoms with Crippen LogP contribution in [0, 0.1) is 6.92 Å². The Labute approximate surface area is 205 Å². The summed E-state index contributed by atoms with van der Waals surface area (Å²) in [5.74, 6) is -0.0497. The van der Waals surface area contributed by atoms with Gasteiger partial charge in [0, 0.05) is 30.5 Å². The molecule has 0 fully saturated rings. The molecular weight excluding hydrogens is 499 g/mol. The number of halogens is 3. The monoisotopic (exact) mass is 519 g/mol. The molecule has 11 nitrogen and oxygen atoms in total. The van der Waals surface area contributed by atoms with Crippen LogP contribution in [0.5, 0.6) is 0 Å². The number of H-pyrrole nitrogens is 1. The lowest BCUT2D eigenvalue weighted by Crippen LogP contribution is -2.19. The summed E-state index contributed by atoms with van der Waals surface area (Å²) in [6, 6.07) is 12.1. The number of nitrogens with one attached hydrogen (secondary N) is 4. The molecular formula is C21H20F3N9O2S. The van der Waals surface area contributed by atoms with Gasteiger partial charge < -0.3 is 10.6 Å². The number of aromatic nitrogens is 6. The molecule has 0 aliphatic carbocycles. The third kappa shape index (κ3) is 6.18. The predicted octanol–water partition coefficient (Wildman–Crippen LogP) is 3.57. The minimum Gasteiger partial charge on any atom is -0.365 e. The molecule has 36 heavy (non-hydrogen) atoms. The lowest BCUT2D eigenvalue weighted by molar-refractivity contribution is -0.137. The smallest absolute Gasteiger partial charge is 0.365 e. The first kappa shape index (κ1) is 25.2. The molecule has 2 aromatic carbocycles. The van der Waals surface area contributed by atoms with Crippen molar-refractivity contribution in [2.24, 2.45) is 0 Å². The van der Waals surface area contributed by atoms with Gasteiger partial charge >= 0.3 is 6.18 Å². The van der Waals surface area contributed by atoms with Crippen LogP contribution in [0.4, 0.5) is 30.6 Å². The molecule has 5 N–H and O–H groups in total. The van der Waals surface area contributed by atoms with Gasteiger partial charge in [0.25, 0.3) is 0 Å². The number of tetrazole rings is 1. The van der Waals surface area contributed by atoms with E-state index in [1.54, 1.807) is 49.4 Å². The third-order valence-electron chi connectivity index (χ3n) is 5.16. The van der Waals surface area contributed by atoms with E-state index < -0.39 is 28.8 Å². The summed E-state index contributed by atoms with van der Waals surface area (Å²) >= 11 is -2.23. The van der Waals surface area contributed by atoms with Crippen LogP contribution in [0.2, 0.25) is 0 Å². The van der Waals surface area contributed by atoms with Crippen molar-refractivity contribution in [1.82, 2.24) is 35.3 Å². The molecule has 0 saturated carbocycles. The topological polar surface area (TPSA) is 154 Å². The number of alkyl halides is 3. The van der Waals surface area contributed by atoms with Crippen molar-refractivity contribution in [3.8, 4) is 11.4 Å². The number of aryl methyl sites for hydroxylation is 1. The van der Waals surface area contributed by atoms with Crippen LogP contribution in [-0.4, -0.2) is 39.4 Å². The van der Waals surface area contributed by atoms with Gasteiger partial charge in [0.05, 0.1) is 0 Å². The van der Waals surface area contributed by atoms with Crippen LogP contribution in [0.25, 0.3) is 11.4 Å². The van der Waals surface area contributed by atoms with Gasteiger partial charge in [0.2, 0.25) is 23.0 Å². The van der Waals surface area contributed by atoms with Crippen molar-refractivity contribution >= 4 is 28.7 Å². The first-order valence-corrected chi connectivity index (χ1v) is 11.5. The highest BCUT2D eigenvalue weighted by Gasteiger charge is 2.35. The quantitative estimate of drug-likeness (QED) is 0.209. The first-order valence-electron chi connectivity index (χ1n) is 10.4. The lowest BCUT2D eigenvalue weighted by Gasteiger charge is -2.17. The molecule has 4 aromatic rings. The number of rotatable bonds is 9. The predicted molar refractivity (Wildman–Crippen MR) is 126 cm³/mol. The third-order valence-corrected chi connectivity index (χ3v) is 5.56. The average molecular weight is 520 g/mol. The van der Waals surface area contributed by atoms with E-state index in [9.17, 15) is 17.4 Å². The van der Waals surface area contributed by atoms with Crippen molar-refractivity contribution < 1.29 is 21.9 Å². The van der Waals surface area contributed by atoms with Gasteiger partial charge in [0.1, 0.15) is 11.4 Å². The Balaban J connectivity index is 1.56. The van der Waals surface area contributed by atoms with Gasteiger partial charge in [-0.1, -0.05) is 18.2 Å². The van der Waals surface area contributed by atoms with E-state index in [1.165, 1.54) is 0 Å². The van der Waals surface area contributed by atoms with Crippen molar-refractivity contribution in [3.05, 3.63) is 70.9 Å². The van der Waals surface area contributed by atoms with Gasteiger partial charge in [-0.25, -0.2) is 13.9 Å². The number of hydrogen-bond donors (Lipinski definition) is 5. The molecule has 0 radical (unpaired) electrons. The van der Waals surface area contributed by atoms with Gasteiger partial charge in [-0.2, -0.15) is 23.4 Å². The van der Waals surface area contributed by atoms with Crippen LogP contribution < -0.4 is 15.4 Å². The van der Waals surface area contributed by atoms with Gasteiger partial charge in [-0.15, -0.1) is 10.2 Å². The fourth-order valence-corrected chi connectivity index (χ4v) is 3.67. The molecule has 15 heteroatoms. The SMILES string of the molecule is Cc1cccc(CNS(=O)O)c1CNc1nc(Nc2ccc(-c3nn[nH]n3)cc2)ncc1C(F)(F)F. The molecule has 0 saturated heterocycles. The molecule has 188 valence electrons. The highest BCUT2D eigenvalue weighted by molar-refractivity contribution is 7.77. The molecule has 1 unspecified atom stereocenters. The number of nitrogens with zero attached hydrogens (tertiary/aromatic N) is 5. The standard InChI is InChI=1S/C21H20F3N9O2S/c1-12-3-2-4-14(9-27-36(34)35)16(12)10-25-19-17(21(22,23)24)11-26-20(29-19)28-15-7-5-13(6-8-15)18-30-32-33-31-18/h2-8,11,27H,9-10H2,1H3,(H,34,35)(H2,25,26,28,29)(H,30,31,32,33). The van der Waals surface area contributed by atoms with E-state index in [2.05, 4.69) is 45.9 Å². The van der Waals surface area contributed by atoms with E-state index in [4.69, 9.17) is 4.55 Å². The first-order chi connectivity index (χ1) is 17.2. The summed E-state index contributed by atoms with van der Waals surface area (Å²) in [5, 5.41) is 19.3. The van der Waals surface area contributed by atoms with E-state index in [0.717, 1.165) is 5.56 Å². The largest absolute Gasteiger partial charge is 0.421 e. The highest BCUT2D eigenvalue weighted by atomic mass is 32.2. The van der Waals surface area contributed by atoms with E-state index in [-0.39, 0.29) is 19.0 Å². The van der Waals surface area contributed by atoms with Gasteiger partial charge in [-0.3, -0.25) is 4.55 Å². The summed E-state index contributed by atoms with van der Waals surface area (Å²) in [6.45, 7) is 1.86. The molecule has 0 spiro atoms. The van der Waals surface area contributed by atoms with E-state index in [1.807, 2.05) is 0 Å². The maximum Gasteiger partial charge on any atom is 0.421 e.